The molecule has 0 aliphatic carbocycles. The Balaban J connectivity index is 2.11. The second-order valence-corrected chi connectivity index (χ2v) is 4.99. The zero-order valence-electron chi connectivity index (χ0n) is 10.7. The van der Waals surface area contributed by atoms with Crippen LogP contribution in [0.25, 0.3) is 0 Å². The van der Waals surface area contributed by atoms with Crippen LogP contribution in [-0.4, -0.2) is 16.8 Å². The molecule has 0 aliphatic rings. The van der Waals surface area contributed by atoms with Gasteiger partial charge in [-0.1, -0.05) is 6.07 Å². The van der Waals surface area contributed by atoms with Crippen molar-refractivity contribution >= 4 is 39.1 Å². The van der Waals surface area contributed by atoms with Crippen LogP contribution < -0.4 is 10.6 Å². The van der Waals surface area contributed by atoms with E-state index in [9.17, 15) is 9.59 Å². The molecule has 102 valence electrons. The van der Waals surface area contributed by atoms with Gasteiger partial charge in [-0.3, -0.25) is 9.59 Å². The molecule has 6 heteroatoms. The molecule has 2 aromatic rings. The van der Waals surface area contributed by atoms with Gasteiger partial charge in [0.1, 0.15) is 5.69 Å². The fraction of sp³-hybridized carbons (Fsp3) is 0.0714. The van der Waals surface area contributed by atoms with Crippen LogP contribution in [0.1, 0.15) is 17.4 Å². The zero-order chi connectivity index (χ0) is 14.5. The summed E-state index contributed by atoms with van der Waals surface area (Å²) in [5.41, 5.74) is 1.53. The van der Waals surface area contributed by atoms with Gasteiger partial charge in [-0.05, 0) is 46.3 Å². The number of nitrogens with zero attached hydrogens (tertiary/aromatic N) is 1. The fourth-order valence-electron chi connectivity index (χ4n) is 1.58. The summed E-state index contributed by atoms with van der Waals surface area (Å²) in [7, 11) is 0. The van der Waals surface area contributed by atoms with Crippen LogP contribution in [-0.2, 0) is 4.79 Å². The number of carbonyl (C=O) groups is 2. The molecule has 1 aromatic carbocycles. The average Bonchev–Trinajstić information content (AvgIpc) is 2.39. The van der Waals surface area contributed by atoms with Crippen LogP contribution in [0, 0.1) is 0 Å². The van der Waals surface area contributed by atoms with Gasteiger partial charge in [0, 0.05) is 29.0 Å². The number of nitrogens with one attached hydrogen (secondary N) is 2. The van der Waals surface area contributed by atoms with Crippen LogP contribution in [0.5, 0.6) is 0 Å². The Bertz CT molecular complexity index is 641. The number of pyridine rings is 1. The third kappa shape index (κ3) is 3.89. The number of halogens is 1. The standard InChI is InChI=1S/C14H12BrN3O2/c1-9(19)17-11-3-2-4-12(7-11)18-14(20)13-6-5-10(15)8-16-13/h2-8H,1H3,(H,17,19)(H,18,20). The minimum atomic E-state index is -0.308. The Labute approximate surface area is 124 Å². The highest BCUT2D eigenvalue weighted by molar-refractivity contribution is 9.10. The molecule has 0 saturated carbocycles. The molecule has 2 amide bonds. The molecule has 0 saturated heterocycles. The van der Waals surface area contributed by atoms with Crippen molar-refractivity contribution in [3.63, 3.8) is 0 Å². The predicted molar refractivity (Wildman–Crippen MR) is 80.6 cm³/mol. The minimum absolute atomic E-state index is 0.164. The lowest BCUT2D eigenvalue weighted by Gasteiger charge is -2.07. The zero-order valence-corrected chi connectivity index (χ0v) is 12.3. The van der Waals surface area contributed by atoms with Gasteiger partial charge in [-0.25, -0.2) is 4.98 Å². The first-order chi connectivity index (χ1) is 9.54. The average molecular weight is 334 g/mol. The Morgan fingerprint density at radius 1 is 1.10 bits per heavy atom. The van der Waals surface area contributed by atoms with Crippen molar-refractivity contribution in [3.8, 4) is 0 Å². The first-order valence-electron chi connectivity index (χ1n) is 5.85. The fourth-order valence-corrected chi connectivity index (χ4v) is 1.82. The molecular formula is C14H12BrN3O2. The van der Waals surface area contributed by atoms with Crippen LogP contribution in [0.4, 0.5) is 11.4 Å². The maximum absolute atomic E-state index is 12.0. The number of anilines is 2. The molecule has 0 atom stereocenters. The van der Waals surface area contributed by atoms with Crippen molar-refractivity contribution in [1.82, 2.24) is 4.98 Å². The normalized spacial score (nSPS) is 9.90. The summed E-state index contributed by atoms with van der Waals surface area (Å²) in [6.07, 6.45) is 1.56. The van der Waals surface area contributed by atoms with E-state index in [1.54, 1.807) is 42.6 Å². The Morgan fingerprint density at radius 2 is 1.80 bits per heavy atom. The second kappa shape index (κ2) is 6.29. The van der Waals surface area contributed by atoms with Gasteiger partial charge < -0.3 is 10.6 Å². The van der Waals surface area contributed by atoms with Crippen molar-refractivity contribution in [2.45, 2.75) is 6.92 Å². The molecule has 0 radical (unpaired) electrons. The van der Waals surface area contributed by atoms with E-state index < -0.39 is 0 Å². The van der Waals surface area contributed by atoms with Gasteiger partial charge in [-0.2, -0.15) is 0 Å². The summed E-state index contributed by atoms with van der Waals surface area (Å²) in [6.45, 7) is 1.43. The molecule has 0 aliphatic heterocycles. The van der Waals surface area contributed by atoms with E-state index in [-0.39, 0.29) is 11.8 Å². The molecule has 20 heavy (non-hydrogen) atoms. The Morgan fingerprint density at radius 3 is 2.40 bits per heavy atom. The summed E-state index contributed by atoms with van der Waals surface area (Å²) in [5.74, 6) is -0.472. The summed E-state index contributed by atoms with van der Waals surface area (Å²) in [6, 6.07) is 10.3. The number of carbonyl (C=O) groups excluding carboxylic acids is 2. The molecule has 1 heterocycles. The van der Waals surface area contributed by atoms with E-state index in [0.29, 0.717) is 17.1 Å². The summed E-state index contributed by atoms with van der Waals surface area (Å²) in [4.78, 5) is 27.0. The van der Waals surface area contributed by atoms with Gasteiger partial charge in [0.05, 0.1) is 0 Å². The van der Waals surface area contributed by atoms with Crippen molar-refractivity contribution in [3.05, 3.63) is 52.8 Å². The topological polar surface area (TPSA) is 71.1 Å². The maximum atomic E-state index is 12.0. The molecule has 2 N–H and O–H groups in total. The van der Waals surface area contributed by atoms with Gasteiger partial charge >= 0.3 is 0 Å². The van der Waals surface area contributed by atoms with Gasteiger partial charge in [0.15, 0.2) is 0 Å². The molecular weight excluding hydrogens is 322 g/mol. The second-order valence-electron chi connectivity index (χ2n) is 4.08. The molecule has 0 fully saturated rings. The highest BCUT2D eigenvalue weighted by Gasteiger charge is 2.07. The summed E-state index contributed by atoms with van der Waals surface area (Å²) in [5, 5.41) is 5.38. The number of rotatable bonds is 3. The van der Waals surface area contributed by atoms with Crippen LogP contribution in [0.2, 0.25) is 0 Å². The van der Waals surface area contributed by atoms with Crippen LogP contribution >= 0.6 is 15.9 Å². The van der Waals surface area contributed by atoms with E-state index >= 15 is 0 Å². The molecule has 2 rings (SSSR count). The van der Waals surface area contributed by atoms with Gasteiger partial charge in [0.25, 0.3) is 5.91 Å². The number of aromatic nitrogens is 1. The highest BCUT2D eigenvalue weighted by atomic mass is 79.9. The minimum Gasteiger partial charge on any atom is -0.326 e. The van der Waals surface area contributed by atoms with E-state index in [4.69, 9.17) is 0 Å². The van der Waals surface area contributed by atoms with E-state index in [1.165, 1.54) is 6.92 Å². The Hall–Kier alpha value is -2.21. The molecule has 0 spiro atoms. The molecule has 1 aromatic heterocycles. The number of hydrogen-bond donors (Lipinski definition) is 2. The molecule has 0 bridgehead atoms. The lowest BCUT2D eigenvalue weighted by Crippen LogP contribution is -2.14. The number of amides is 2. The predicted octanol–water partition coefficient (Wildman–Crippen LogP) is 3.05. The largest absolute Gasteiger partial charge is 0.326 e. The third-order valence-corrected chi connectivity index (χ3v) is 2.87. The third-order valence-electron chi connectivity index (χ3n) is 2.40. The first kappa shape index (κ1) is 14.2. The lowest BCUT2D eigenvalue weighted by atomic mass is 10.2. The Kier molecular flexibility index (Phi) is 4.47. The van der Waals surface area contributed by atoms with Crippen molar-refractivity contribution in [2.24, 2.45) is 0 Å². The summed E-state index contributed by atoms with van der Waals surface area (Å²) < 4.78 is 0.807. The van der Waals surface area contributed by atoms with E-state index in [1.807, 2.05) is 0 Å². The maximum Gasteiger partial charge on any atom is 0.274 e. The van der Waals surface area contributed by atoms with Gasteiger partial charge in [0.2, 0.25) is 5.91 Å². The van der Waals surface area contributed by atoms with E-state index in [0.717, 1.165) is 4.47 Å². The number of hydrogen-bond acceptors (Lipinski definition) is 3. The lowest BCUT2D eigenvalue weighted by molar-refractivity contribution is -0.114. The van der Waals surface area contributed by atoms with E-state index in [2.05, 4.69) is 31.5 Å². The number of benzene rings is 1. The summed E-state index contributed by atoms with van der Waals surface area (Å²) >= 11 is 3.26. The van der Waals surface area contributed by atoms with Crippen molar-refractivity contribution in [1.29, 1.82) is 0 Å². The molecule has 5 nitrogen and oxygen atoms in total. The van der Waals surface area contributed by atoms with Gasteiger partial charge in [-0.15, -0.1) is 0 Å². The quantitative estimate of drug-likeness (QED) is 0.906. The van der Waals surface area contributed by atoms with Crippen LogP contribution in [0.15, 0.2) is 47.1 Å². The highest BCUT2D eigenvalue weighted by Crippen LogP contribution is 2.16. The first-order valence-corrected chi connectivity index (χ1v) is 6.64. The monoisotopic (exact) mass is 333 g/mol. The van der Waals surface area contributed by atoms with Crippen molar-refractivity contribution < 1.29 is 9.59 Å². The molecule has 0 unspecified atom stereocenters. The van der Waals surface area contributed by atoms with Crippen LogP contribution in [0.3, 0.4) is 0 Å². The van der Waals surface area contributed by atoms with Crippen molar-refractivity contribution in [2.75, 3.05) is 10.6 Å². The smallest absolute Gasteiger partial charge is 0.274 e. The SMILES string of the molecule is CC(=O)Nc1cccc(NC(=O)c2ccc(Br)cn2)c1.